The smallest absolute Gasteiger partial charge is 0.263 e. The molecule has 0 saturated heterocycles. The van der Waals surface area contributed by atoms with E-state index in [4.69, 9.17) is 4.98 Å². The third kappa shape index (κ3) is 4.60. The molecule has 0 unspecified atom stereocenters. The van der Waals surface area contributed by atoms with Gasteiger partial charge < -0.3 is 10.2 Å². The number of thiophene rings is 1. The zero-order valence-electron chi connectivity index (χ0n) is 17.3. The number of hydrogen-bond donors (Lipinski definition) is 2. The van der Waals surface area contributed by atoms with E-state index in [-0.39, 0.29) is 16.7 Å². The normalized spacial score (nSPS) is 15.0. The van der Waals surface area contributed by atoms with E-state index in [0.717, 1.165) is 42.4 Å². The van der Waals surface area contributed by atoms with Gasteiger partial charge in [-0.05, 0) is 45.1 Å². The molecule has 1 atom stereocenters. The third-order valence-corrected chi connectivity index (χ3v) is 7.38. The predicted molar refractivity (Wildman–Crippen MR) is 117 cm³/mol. The molecule has 0 radical (unpaired) electrons. The number of hydrogen-bond acceptors (Lipinski definition) is 5. The third-order valence-electron chi connectivity index (χ3n) is 5.10. The van der Waals surface area contributed by atoms with Crippen LogP contribution in [0.1, 0.15) is 43.6 Å². The van der Waals surface area contributed by atoms with Gasteiger partial charge >= 0.3 is 0 Å². The molecule has 1 amide bonds. The highest BCUT2D eigenvalue weighted by molar-refractivity contribution is 8.00. The van der Waals surface area contributed by atoms with Crippen molar-refractivity contribution in [2.24, 2.45) is 0 Å². The lowest BCUT2D eigenvalue weighted by molar-refractivity contribution is -0.858. The van der Waals surface area contributed by atoms with Gasteiger partial charge in [0.2, 0.25) is 5.91 Å². The fraction of sp³-hybridized carbons (Fsp3) is 0.650. The van der Waals surface area contributed by atoms with Crippen molar-refractivity contribution >= 4 is 39.2 Å². The lowest BCUT2D eigenvalue weighted by atomic mass is 9.97. The fourth-order valence-corrected chi connectivity index (χ4v) is 5.89. The highest BCUT2D eigenvalue weighted by Crippen LogP contribution is 2.35. The first-order valence-electron chi connectivity index (χ1n) is 10.2. The number of nitrogens with zero attached hydrogens (tertiary/aromatic N) is 2. The van der Waals surface area contributed by atoms with Gasteiger partial charge in [0.25, 0.3) is 5.56 Å². The molecule has 0 spiro atoms. The van der Waals surface area contributed by atoms with Crippen molar-refractivity contribution in [2.45, 2.75) is 62.9 Å². The molecule has 0 bridgehead atoms. The molecule has 2 aromatic rings. The number of carbonyl (C=O) groups excluding carboxylic acids is 1. The lowest BCUT2D eigenvalue weighted by Crippen LogP contribution is -3.05. The molecule has 1 aliphatic rings. The Labute approximate surface area is 174 Å². The first-order valence-corrected chi connectivity index (χ1v) is 11.9. The maximum atomic E-state index is 13.4. The lowest BCUT2D eigenvalue weighted by Gasteiger charge is -2.16. The van der Waals surface area contributed by atoms with Crippen molar-refractivity contribution in [1.29, 1.82) is 0 Å². The zero-order chi connectivity index (χ0) is 20.3. The number of quaternary nitrogens is 1. The summed E-state index contributed by atoms with van der Waals surface area (Å²) in [5.74, 6) is -0.0170. The first kappa shape index (κ1) is 21.3. The molecule has 0 aliphatic heterocycles. The van der Waals surface area contributed by atoms with Crippen LogP contribution in [0, 0.1) is 0 Å². The molecule has 28 heavy (non-hydrogen) atoms. The Hall–Kier alpha value is -1.38. The summed E-state index contributed by atoms with van der Waals surface area (Å²) >= 11 is 3.06. The summed E-state index contributed by atoms with van der Waals surface area (Å²) in [6, 6.07) is 0. The number of aromatic nitrogens is 2. The SMILES string of the molecule is CCNC(=O)[C@@H](C)Sc1nc2sc3c(c2c(=O)n1CCC[NH+](C)C)CCCC3. The molecular formula is C20H31N4O2S2+. The van der Waals surface area contributed by atoms with Crippen molar-refractivity contribution in [1.82, 2.24) is 14.9 Å². The van der Waals surface area contributed by atoms with Crippen LogP contribution >= 0.6 is 23.1 Å². The van der Waals surface area contributed by atoms with Crippen LogP contribution in [0.5, 0.6) is 0 Å². The minimum atomic E-state index is -0.287. The Balaban J connectivity index is 2.01. The highest BCUT2D eigenvalue weighted by Gasteiger charge is 2.24. The Morgan fingerprint density at radius 3 is 2.82 bits per heavy atom. The van der Waals surface area contributed by atoms with Gasteiger partial charge in [0, 0.05) is 24.4 Å². The van der Waals surface area contributed by atoms with E-state index >= 15 is 0 Å². The second kappa shape index (κ2) is 9.41. The molecule has 2 heterocycles. The zero-order valence-corrected chi connectivity index (χ0v) is 18.9. The molecule has 0 aromatic carbocycles. The summed E-state index contributed by atoms with van der Waals surface area (Å²) in [6.45, 7) is 6.02. The molecule has 2 aromatic heterocycles. The average Bonchev–Trinajstić information content (AvgIpc) is 3.02. The van der Waals surface area contributed by atoms with Gasteiger partial charge in [0.05, 0.1) is 31.3 Å². The number of rotatable bonds is 8. The van der Waals surface area contributed by atoms with Crippen LogP contribution in [0.4, 0.5) is 0 Å². The summed E-state index contributed by atoms with van der Waals surface area (Å²) in [7, 11) is 4.23. The molecule has 8 heteroatoms. The van der Waals surface area contributed by atoms with Gasteiger partial charge in [0.15, 0.2) is 5.16 Å². The second-order valence-electron chi connectivity index (χ2n) is 7.71. The molecule has 0 fully saturated rings. The van der Waals surface area contributed by atoms with Gasteiger partial charge in [-0.1, -0.05) is 11.8 Å². The maximum absolute atomic E-state index is 13.4. The summed E-state index contributed by atoms with van der Waals surface area (Å²) in [5, 5.41) is 4.07. The van der Waals surface area contributed by atoms with Gasteiger partial charge in [-0.15, -0.1) is 11.3 Å². The van der Waals surface area contributed by atoms with E-state index in [1.54, 1.807) is 11.3 Å². The van der Waals surface area contributed by atoms with Crippen molar-refractivity contribution in [3.05, 3.63) is 20.8 Å². The standard InChI is InChI=1S/C20H30N4O2S2/c1-5-21-17(25)13(2)27-20-22-18-16(14-9-6-7-10-15(14)28-18)19(26)24(20)12-8-11-23(3)4/h13H,5-12H2,1-4H3,(H,21,25)/p+1/t13-/m1/s1. The van der Waals surface area contributed by atoms with Crippen molar-refractivity contribution < 1.29 is 9.69 Å². The maximum Gasteiger partial charge on any atom is 0.263 e. The first-order chi connectivity index (χ1) is 13.4. The number of carbonyl (C=O) groups is 1. The van der Waals surface area contributed by atoms with Crippen LogP contribution in [0.3, 0.4) is 0 Å². The molecule has 154 valence electrons. The molecule has 1 aliphatic carbocycles. The van der Waals surface area contributed by atoms with E-state index in [0.29, 0.717) is 18.2 Å². The van der Waals surface area contributed by atoms with Crippen molar-refractivity contribution in [3.8, 4) is 0 Å². The van der Waals surface area contributed by atoms with Crippen LogP contribution < -0.4 is 15.8 Å². The van der Waals surface area contributed by atoms with E-state index in [1.165, 1.54) is 33.5 Å². The van der Waals surface area contributed by atoms with E-state index < -0.39 is 0 Å². The van der Waals surface area contributed by atoms with Crippen LogP contribution in [-0.4, -0.2) is 47.9 Å². The Morgan fingerprint density at radius 2 is 2.11 bits per heavy atom. The minimum absolute atomic E-state index is 0.0170. The number of fused-ring (bicyclic) bond motifs is 3. The van der Waals surface area contributed by atoms with Gasteiger partial charge in [-0.3, -0.25) is 14.2 Å². The van der Waals surface area contributed by atoms with Gasteiger partial charge in [-0.25, -0.2) is 4.98 Å². The van der Waals surface area contributed by atoms with E-state index in [2.05, 4.69) is 19.4 Å². The monoisotopic (exact) mass is 423 g/mol. The summed E-state index contributed by atoms with van der Waals surface area (Å²) in [4.78, 5) is 34.1. The van der Waals surface area contributed by atoms with Gasteiger partial charge in [-0.2, -0.15) is 0 Å². The van der Waals surface area contributed by atoms with Crippen LogP contribution in [0.25, 0.3) is 10.2 Å². The van der Waals surface area contributed by atoms with E-state index in [1.807, 2.05) is 18.4 Å². The van der Waals surface area contributed by atoms with Gasteiger partial charge in [0.1, 0.15) is 4.83 Å². The van der Waals surface area contributed by atoms with E-state index in [9.17, 15) is 9.59 Å². The molecule has 6 nitrogen and oxygen atoms in total. The number of thioether (sulfide) groups is 1. The molecule has 0 saturated carbocycles. The van der Waals surface area contributed by atoms with Crippen LogP contribution in [0.2, 0.25) is 0 Å². The minimum Gasteiger partial charge on any atom is -0.355 e. The summed E-state index contributed by atoms with van der Waals surface area (Å²) in [5.41, 5.74) is 1.30. The largest absolute Gasteiger partial charge is 0.355 e. The summed E-state index contributed by atoms with van der Waals surface area (Å²) < 4.78 is 1.81. The molecule has 3 rings (SSSR count). The molecule has 2 N–H and O–H groups in total. The Kier molecular flexibility index (Phi) is 7.17. The highest BCUT2D eigenvalue weighted by atomic mass is 32.2. The fourth-order valence-electron chi connectivity index (χ4n) is 3.63. The Bertz CT molecular complexity index is 904. The average molecular weight is 424 g/mol. The number of amides is 1. The van der Waals surface area contributed by atoms with Crippen molar-refractivity contribution in [2.75, 3.05) is 27.2 Å². The van der Waals surface area contributed by atoms with Crippen LogP contribution in [-0.2, 0) is 24.2 Å². The number of aryl methyl sites for hydroxylation is 2. The second-order valence-corrected chi connectivity index (χ2v) is 10.1. The number of nitrogens with one attached hydrogen (secondary N) is 2. The van der Waals surface area contributed by atoms with Crippen molar-refractivity contribution in [3.63, 3.8) is 0 Å². The summed E-state index contributed by atoms with van der Waals surface area (Å²) in [6.07, 6.45) is 5.28. The van der Waals surface area contributed by atoms with Crippen LogP contribution in [0.15, 0.2) is 9.95 Å². The molecular weight excluding hydrogens is 392 g/mol. The quantitative estimate of drug-likeness (QED) is 0.499. The topological polar surface area (TPSA) is 68.4 Å². The Morgan fingerprint density at radius 1 is 1.36 bits per heavy atom. The predicted octanol–water partition coefficient (Wildman–Crippen LogP) is 1.49.